The molecular formula is C19H25N7O. The molecule has 6 rings (SSSR count). The van der Waals surface area contributed by atoms with E-state index >= 15 is 0 Å². The second-order valence-electron chi connectivity index (χ2n) is 8.05. The van der Waals surface area contributed by atoms with Crippen molar-refractivity contribution in [3.8, 4) is 11.3 Å². The van der Waals surface area contributed by atoms with Crippen molar-refractivity contribution in [3.63, 3.8) is 0 Å². The average molecular weight is 367 g/mol. The molecule has 142 valence electrons. The summed E-state index contributed by atoms with van der Waals surface area (Å²) in [4.78, 5) is 22.7. The van der Waals surface area contributed by atoms with Crippen LogP contribution in [0.5, 0.6) is 0 Å². The van der Waals surface area contributed by atoms with E-state index in [0.29, 0.717) is 6.04 Å². The van der Waals surface area contributed by atoms with Gasteiger partial charge < -0.3 is 20.3 Å². The van der Waals surface area contributed by atoms with Crippen LogP contribution in [0.3, 0.4) is 0 Å². The van der Waals surface area contributed by atoms with Crippen molar-refractivity contribution >= 4 is 17.7 Å². The Kier molecular flexibility index (Phi) is 3.89. The van der Waals surface area contributed by atoms with E-state index in [-0.39, 0.29) is 18.2 Å². The van der Waals surface area contributed by atoms with Crippen LogP contribution in [0.2, 0.25) is 0 Å². The van der Waals surface area contributed by atoms with Crippen molar-refractivity contribution in [2.45, 2.75) is 44.9 Å². The third-order valence-electron chi connectivity index (χ3n) is 5.78. The lowest BCUT2D eigenvalue weighted by Gasteiger charge is -2.36. The van der Waals surface area contributed by atoms with Crippen LogP contribution in [0.4, 0.5) is 17.7 Å². The topological polar surface area (TPSA) is 93.3 Å². The fourth-order valence-electron chi connectivity index (χ4n) is 4.47. The summed E-state index contributed by atoms with van der Waals surface area (Å²) in [7, 11) is 0. The number of aromatic nitrogens is 4. The molecule has 3 saturated heterocycles. The summed E-state index contributed by atoms with van der Waals surface area (Å²) in [5.41, 5.74) is 7.35. The van der Waals surface area contributed by atoms with Crippen molar-refractivity contribution in [3.05, 3.63) is 18.5 Å². The standard InChI is InChI=1S/C19H25N7O/c1-11-8-25(9-12(2)27-11)17-5-16(14-6-21-18(20)22-7-14)23-19(24-17)26-10-13-3-15(26)4-13/h5-7,11-13,15H,3-4,8-10H2,1-2H3,(H2,20,21,22). The molecule has 5 heterocycles. The van der Waals surface area contributed by atoms with Gasteiger partial charge in [0.1, 0.15) is 5.82 Å². The zero-order valence-corrected chi connectivity index (χ0v) is 15.7. The lowest BCUT2D eigenvalue weighted by molar-refractivity contribution is -0.00546. The van der Waals surface area contributed by atoms with Gasteiger partial charge in [-0.25, -0.2) is 15.0 Å². The van der Waals surface area contributed by atoms with Crippen molar-refractivity contribution in [2.24, 2.45) is 5.92 Å². The van der Waals surface area contributed by atoms with Gasteiger partial charge in [0.25, 0.3) is 0 Å². The molecule has 1 aliphatic carbocycles. The van der Waals surface area contributed by atoms with Crippen LogP contribution in [-0.2, 0) is 4.74 Å². The number of anilines is 3. The molecule has 2 bridgehead atoms. The molecule has 4 aliphatic rings. The largest absolute Gasteiger partial charge is 0.372 e. The SMILES string of the molecule is CC1CN(c2cc(-c3cnc(N)nc3)nc(N3CC4CC3C4)n2)CC(C)O1. The highest BCUT2D eigenvalue weighted by Crippen LogP contribution is 2.42. The number of rotatable bonds is 3. The van der Waals surface area contributed by atoms with Crippen molar-refractivity contribution in [2.75, 3.05) is 35.2 Å². The maximum atomic E-state index is 5.89. The summed E-state index contributed by atoms with van der Waals surface area (Å²) < 4.78 is 5.89. The molecule has 0 radical (unpaired) electrons. The van der Waals surface area contributed by atoms with Gasteiger partial charge in [0, 0.05) is 49.7 Å². The predicted molar refractivity (Wildman–Crippen MR) is 104 cm³/mol. The third kappa shape index (κ3) is 3.07. The van der Waals surface area contributed by atoms with Crippen molar-refractivity contribution in [1.82, 2.24) is 19.9 Å². The van der Waals surface area contributed by atoms with Gasteiger partial charge in [-0.05, 0) is 32.6 Å². The summed E-state index contributed by atoms with van der Waals surface area (Å²) in [5, 5.41) is 0. The zero-order chi connectivity index (χ0) is 18.5. The van der Waals surface area contributed by atoms with E-state index in [4.69, 9.17) is 20.4 Å². The maximum absolute atomic E-state index is 5.89. The summed E-state index contributed by atoms with van der Waals surface area (Å²) in [6.45, 7) is 6.92. The number of nitrogens with zero attached hydrogens (tertiary/aromatic N) is 6. The van der Waals surface area contributed by atoms with E-state index in [1.165, 1.54) is 12.8 Å². The van der Waals surface area contributed by atoms with Crippen LogP contribution in [0, 0.1) is 5.92 Å². The van der Waals surface area contributed by atoms with Gasteiger partial charge in [-0.2, -0.15) is 4.98 Å². The fourth-order valence-corrected chi connectivity index (χ4v) is 4.47. The molecule has 4 fully saturated rings. The molecule has 8 nitrogen and oxygen atoms in total. The van der Waals surface area contributed by atoms with Gasteiger partial charge in [-0.15, -0.1) is 0 Å². The lowest BCUT2D eigenvalue weighted by Crippen LogP contribution is -2.46. The number of nitrogens with two attached hydrogens (primary N) is 1. The van der Waals surface area contributed by atoms with E-state index in [1.807, 2.05) is 6.07 Å². The molecule has 2 aromatic rings. The highest BCUT2D eigenvalue weighted by molar-refractivity contribution is 5.64. The maximum Gasteiger partial charge on any atom is 0.228 e. The second-order valence-corrected chi connectivity index (χ2v) is 8.05. The van der Waals surface area contributed by atoms with Gasteiger partial charge in [0.2, 0.25) is 11.9 Å². The van der Waals surface area contributed by atoms with Crippen LogP contribution < -0.4 is 15.5 Å². The minimum atomic E-state index is 0.176. The molecule has 2 atom stereocenters. The number of hydrogen-bond donors (Lipinski definition) is 1. The molecule has 2 aromatic heterocycles. The van der Waals surface area contributed by atoms with Crippen LogP contribution >= 0.6 is 0 Å². The fraction of sp³-hybridized carbons (Fsp3) is 0.579. The minimum absolute atomic E-state index is 0.176. The first kappa shape index (κ1) is 16.7. The Morgan fingerprint density at radius 1 is 1.04 bits per heavy atom. The molecule has 0 spiro atoms. The first-order valence-corrected chi connectivity index (χ1v) is 9.69. The highest BCUT2D eigenvalue weighted by atomic mass is 16.5. The Morgan fingerprint density at radius 3 is 2.37 bits per heavy atom. The third-order valence-corrected chi connectivity index (χ3v) is 5.78. The Balaban J connectivity index is 1.55. The van der Waals surface area contributed by atoms with E-state index in [0.717, 1.165) is 48.6 Å². The Bertz CT molecular complexity index is 826. The highest BCUT2D eigenvalue weighted by Gasteiger charge is 2.44. The molecule has 1 saturated carbocycles. The van der Waals surface area contributed by atoms with Gasteiger partial charge in [0.05, 0.1) is 17.9 Å². The molecule has 0 amide bonds. The van der Waals surface area contributed by atoms with Crippen LogP contribution in [-0.4, -0.2) is 57.8 Å². The second kappa shape index (κ2) is 6.30. The van der Waals surface area contributed by atoms with Crippen molar-refractivity contribution in [1.29, 1.82) is 0 Å². The lowest BCUT2D eigenvalue weighted by atomic mass is 9.86. The van der Waals surface area contributed by atoms with Crippen LogP contribution in [0.1, 0.15) is 26.7 Å². The van der Waals surface area contributed by atoms with E-state index < -0.39 is 0 Å². The molecule has 27 heavy (non-hydrogen) atoms. The monoisotopic (exact) mass is 367 g/mol. The normalized spacial score (nSPS) is 29.7. The Labute approximate surface area is 158 Å². The summed E-state index contributed by atoms with van der Waals surface area (Å²) in [6.07, 6.45) is 6.34. The number of ether oxygens (including phenoxy) is 1. The van der Waals surface area contributed by atoms with Gasteiger partial charge in [-0.1, -0.05) is 0 Å². The van der Waals surface area contributed by atoms with Gasteiger partial charge in [-0.3, -0.25) is 0 Å². The number of hydrogen-bond acceptors (Lipinski definition) is 8. The van der Waals surface area contributed by atoms with Gasteiger partial charge in [0.15, 0.2) is 0 Å². The molecular weight excluding hydrogens is 342 g/mol. The predicted octanol–water partition coefficient (Wildman–Crippen LogP) is 1.73. The van der Waals surface area contributed by atoms with Crippen LogP contribution in [0.15, 0.2) is 18.5 Å². The van der Waals surface area contributed by atoms with Gasteiger partial charge >= 0.3 is 0 Å². The number of nitrogen functional groups attached to an aromatic ring is 1. The first-order chi connectivity index (χ1) is 13.0. The molecule has 3 aliphatic heterocycles. The van der Waals surface area contributed by atoms with E-state index in [9.17, 15) is 0 Å². The Morgan fingerprint density at radius 2 is 1.74 bits per heavy atom. The van der Waals surface area contributed by atoms with E-state index in [1.54, 1.807) is 12.4 Å². The first-order valence-electron chi connectivity index (χ1n) is 9.69. The van der Waals surface area contributed by atoms with Crippen LogP contribution in [0.25, 0.3) is 11.3 Å². The molecule has 8 heteroatoms. The summed E-state index contributed by atoms with van der Waals surface area (Å²) in [5.74, 6) is 2.83. The molecule has 0 aromatic carbocycles. The Hall–Kier alpha value is -2.48. The smallest absolute Gasteiger partial charge is 0.228 e. The average Bonchev–Trinajstić information content (AvgIpc) is 3.22. The van der Waals surface area contributed by atoms with Crippen molar-refractivity contribution < 1.29 is 4.74 Å². The quantitative estimate of drug-likeness (QED) is 0.877. The summed E-state index contributed by atoms with van der Waals surface area (Å²) in [6, 6.07) is 2.62. The van der Waals surface area contributed by atoms with E-state index in [2.05, 4.69) is 33.6 Å². The molecule has 2 N–H and O–H groups in total. The number of fused-ring (bicyclic) bond motifs is 1. The minimum Gasteiger partial charge on any atom is -0.372 e. The number of morpholine rings is 1. The molecule has 2 unspecified atom stereocenters. The zero-order valence-electron chi connectivity index (χ0n) is 15.7. The summed E-state index contributed by atoms with van der Waals surface area (Å²) >= 11 is 0.